The summed E-state index contributed by atoms with van der Waals surface area (Å²) in [5, 5.41) is 3.44. The summed E-state index contributed by atoms with van der Waals surface area (Å²) in [6.07, 6.45) is 2.63. The Hall–Kier alpha value is -0.340. The van der Waals surface area contributed by atoms with Crippen molar-refractivity contribution >= 4 is 15.9 Å². The molecule has 0 spiro atoms. The molecule has 1 aromatic rings. The van der Waals surface area contributed by atoms with Crippen LogP contribution in [0.15, 0.2) is 28.7 Å². The molecule has 13 heavy (non-hydrogen) atoms. The van der Waals surface area contributed by atoms with Gasteiger partial charge in [0, 0.05) is 11.0 Å². The molecule has 0 unspecified atom stereocenters. The lowest BCUT2D eigenvalue weighted by Gasteiger charge is -2.23. The Balaban J connectivity index is 2.14. The minimum Gasteiger partial charge on any atom is -0.316 e. The van der Waals surface area contributed by atoms with E-state index in [9.17, 15) is 0 Å². The SMILES string of the molecule is Brc1cccc([C@@H]2CCCNC2)c1. The van der Waals surface area contributed by atoms with Crippen molar-refractivity contribution in [1.29, 1.82) is 0 Å². The average molecular weight is 240 g/mol. The van der Waals surface area contributed by atoms with Crippen molar-refractivity contribution in [2.45, 2.75) is 18.8 Å². The summed E-state index contributed by atoms with van der Waals surface area (Å²) < 4.78 is 1.19. The van der Waals surface area contributed by atoms with Crippen LogP contribution in [-0.2, 0) is 0 Å². The number of hydrogen-bond donors (Lipinski definition) is 1. The van der Waals surface area contributed by atoms with Gasteiger partial charge >= 0.3 is 0 Å². The molecule has 1 saturated heterocycles. The minimum absolute atomic E-state index is 0.714. The van der Waals surface area contributed by atoms with E-state index >= 15 is 0 Å². The van der Waals surface area contributed by atoms with Crippen LogP contribution in [0.2, 0.25) is 0 Å². The first kappa shape index (κ1) is 9.22. The van der Waals surface area contributed by atoms with Crippen molar-refractivity contribution in [3.63, 3.8) is 0 Å². The van der Waals surface area contributed by atoms with E-state index in [4.69, 9.17) is 0 Å². The van der Waals surface area contributed by atoms with Crippen LogP contribution in [0.4, 0.5) is 0 Å². The van der Waals surface area contributed by atoms with Crippen LogP contribution in [0.5, 0.6) is 0 Å². The molecule has 1 aliphatic heterocycles. The molecular weight excluding hydrogens is 226 g/mol. The van der Waals surface area contributed by atoms with Gasteiger partial charge in [0.1, 0.15) is 0 Å². The maximum atomic E-state index is 3.51. The third-order valence-corrected chi connectivity index (χ3v) is 3.11. The standard InChI is InChI=1S/C11H14BrN/c12-11-5-1-3-9(7-11)10-4-2-6-13-8-10/h1,3,5,7,10,13H,2,4,6,8H2/t10-/m1/s1. The van der Waals surface area contributed by atoms with Gasteiger partial charge in [-0.05, 0) is 43.0 Å². The lowest BCUT2D eigenvalue weighted by molar-refractivity contribution is 0.461. The number of rotatable bonds is 1. The molecular formula is C11H14BrN. The van der Waals surface area contributed by atoms with Crippen LogP contribution in [-0.4, -0.2) is 13.1 Å². The molecule has 1 heterocycles. The van der Waals surface area contributed by atoms with Gasteiger partial charge in [0.15, 0.2) is 0 Å². The molecule has 0 aliphatic carbocycles. The highest BCUT2D eigenvalue weighted by Crippen LogP contribution is 2.25. The Morgan fingerprint density at radius 2 is 2.31 bits per heavy atom. The number of piperidine rings is 1. The number of halogens is 1. The lowest BCUT2D eigenvalue weighted by atomic mass is 9.92. The van der Waals surface area contributed by atoms with Crippen LogP contribution < -0.4 is 5.32 Å². The molecule has 1 aromatic carbocycles. The molecule has 0 bridgehead atoms. The molecule has 0 aromatic heterocycles. The number of nitrogens with one attached hydrogen (secondary N) is 1. The zero-order chi connectivity index (χ0) is 9.10. The zero-order valence-corrected chi connectivity index (χ0v) is 9.18. The minimum atomic E-state index is 0.714. The average Bonchev–Trinajstić information content (AvgIpc) is 2.19. The van der Waals surface area contributed by atoms with E-state index in [1.807, 2.05) is 0 Å². The largest absolute Gasteiger partial charge is 0.316 e. The Bertz CT molecular complexity index is 279. The summed E-state index contributed by atoms with van der Waals surface area (Å²) in [4.78, 5) is 0. The maximum Gasteiger partial charge on any atom is 0.0178 e. The van der Waals surface area contributed by atoms with Gasteiger partial charge in [-0.15, -0.1) is 0 Å². The van der Waals surface area contributed by atoms with Gasteiger partial charge < -0.3 is 5.32 Å². The molecule has 1 fully saturated rings. The highest BCUT2D eigenvalue weighted by Gasteiger charge is 2.14. The summed E-state index contributed by atoms with van der Waals surface area (Å²) in [5.74, 6) is 0.714. The Morgan fingerprint density at radius 1 is 1.38 bits per heavy atom. The summed E-state index contributed by atoms with van der Waals surface area (Å²) in [5.41, 5.74) is 1.46. The van der Waals surface area contributed by atoms with E-state index in [-0.39, 0.29) is 0 Å². The lowest BCUT2D eigenvalue weighted by Crippen LogP contribution is -2.28. The van der Waals surface area contributed by atoms with E-state index in [1.165, 1.54) is 29.4 Å². The van der Waals surface area contributed by atoms with Crippen molar-refractivity contribution in [2.24, 2.45) is 0 Å². The maximum absolute atomic E-state index is 3.51. The molecule has 1 atom stereocenters. The van der Waals surface area contributed by atoms with Crippen molar-refractivity contribution in [3.05, 3.63) is 34.3 Å². The van der Waals surface area contributed by atoms with E-state index in [1.54, 1.807) is 0 Å². The first-order chi connectivity index (χ1) is 6.36. The second-order valence-corrected chi connectivity index (χ2v) is 4.51. The molecule has 0 saturated carbocycles. The predicted molar refractivity (Wildman–Crippen MR) is 59.0 cm³/mol. The summed E-state index contributed by atoms with van der Waals surface area (Å²) in [6, 6.07) is 8.66. The molecule has 2 rings (SSSR count). The molecule has 0 amide bonds. The van der Waals surface area contributed by atoms with Gasteiger partial charge in [0.25, 0.3) is 0 Å². The van der Waals surface area contributed by atoms with E-state index < -0.39 is 0 Å². The predicted octanol–water partition coefficient (Wildman–Crippen LogP) is 2.92. The van der Waals surface area contributed by atoms with Gasteiger partial charge in [0.05, 0.1) is 0 Å². The van der Waals surface area contributed by atoms with Crippen LogP contribution in [0.25, 0.3) is 0 Å². The Kier molecular flexibility index (Phi) is 3.01. The quantitative estimate of drug-likeness (QED) is 0.795. The molecule has 2 heteroatoms. The van der Waals surface area contributed by atoms with Gasteiger partial charge in [-0.1, -0.05) is 28.1 Å². The Morgan fingerprint density at radius 3 is 3.00 bits per heavy atom. The monoisotopic (exact) mass is 239 g/mol. The van der Waals surface area contributed by atoms with Crippen LogP contribution in [0, 0.1) is 0 Å². The van der Waals surface area contributed by atoms with E-state index in [2.05, 4.69) is 45.5 Å². The summed E-state index contributed by atoms with van der Waals surface area (Å²) in [7, 11) is 0. The number of benzene rings is 1. The third-order valence-electron chi connectivity index (χ3n) is 2.62. The molecule has 1 aliphatic rings. The third kappa shape index (κ3) is 2.32. The normalized spacial score (nSPS) is 23.0. The molecule has 70 valence electrons. The van der Waals surface area contributed by atoms with Gasteiger partial charge in [0.2, 0.25) is 0 Å². The van der Waals surface area contributed by atoms with Gasteiger partial charge in [-0.25, -0.2) is 0 Å². The number of hydrogen-bond acceptors (Lipinski definition) is 1. The van der Waals surface area contributed by atoms with Crippen molar-refractivity contribution in [1.82, 2.24) is 5.32 Å². The van der Waals surface area contributed by atoms with Gasteiger partial charge in [-0.3, -0.25) is 0 Å². The fraction of sp³-hybridized carbons (Fsp3) is 0.455. The first-order valence-electron chi connectivity index (χ1n) is 4.82. The summed E-state index contributed by atoms with van der Waals surface area (Å²) in [6.45, 7) is 2.32. The fourth-order valence-corrected chi connectivity index (χ4v) is 2.31. The summed E-state index contributed by atoms with van der Waals surface area (Å²) >= 11 is 3.51. The molecule has 0 radical (unpaired) electrons. The highest BCUT2D eigenvalue weighted by molar-refractivity contribution is 9.10. The zero-order valence-electron chi connectivity index (χ0n) is 7.59. The highest BCUT2D eigenvalue weighted by atomic mass is 79.9. The second-order valence-electron chi connectivity index (χ2n) is 3.60. The smallest absolute Gasteiger partial charge is 0.0178 e. The van der Waals surface area contributed by atoms with Crippen molar-refractivity contribution in [2.75, 3.05) is 13.1 Å². The molecule has 1 nitrogen and oxygen atoms in total. The fourth-order valence-electron chi connectivity index (χ4n) is 1.90. The van der Waals surface area contributed by atoms with Crippen LogP contribution in [0.3, 0.4) is 0 Å². The second kappa shape index (κ2) is 4.25. The van der Waals surface area contributed by atoms with Crippen molar-refractivity contribution in [3.8, 4) is 0 Å². The topological polar surface area (TPSA) is 12.0 Å². The van der Waals surface area contributed by atoms with E-state index in [0.29, 0.717) is 5.92 Å². The Labute approximate surface area is 87.7 Å². The molecule has 1 N–H and O–H groups in total. The van der Waals surface area contributed by atoms with Crippen LogP contribution >= 0.6 is 15.9 Å². The van der Waals surface area contributed by atoms with E-state index in [0.717, 1.165) is 6.54 Å². The van der Waals surface area contributed by atoms with Crippen LogP contribution in [0.1, 0.15) is 24.3 Å². The first-order valence-corrected chi connectivity index (χ1v) is 5.62. The van der Waals surface area contributed by atoms with Gasteiger partial charge in [-0.2, -0.15) is 0 Å². The van der Waals surface area contributed by atoms with Crippen molar-refractivity contribution < 1.29 is 0 Å².